The zero-order valence-electron chi connectivity index (χ0n) is 18.8. The van der Waals surface area contributed by atoms with Gasteiger partial charge in [0.05, 0.1) is 21.3 Å². The van der Waals surface area contributed by atoms with E-state index in [0.717, 1.165) is 24.9 Å². The minimum atomic E-state index is -0.0830. The Morgan fingerprint density at radius 3 is 2.50 bits per heavy atom. The van der Waals surface area contributed by atoms with Crippen molar-refractivity contribution in [3.8, 4) is 11.5 Å². The summed E-state index contributed by atoms with van der Waals surface area (Å²) in [7, 11) is 3.36. The number of halogens is 2. The molecule has 0 saturated carbocycles. The van der Waals surface area contributed by atoms with Crippen molar-refractivity contribution in [2.45, 2.75) is 13.5 Å². The van der Waals surface area contributed by atoms with Gasteiger partial charge in [-0.2, -0.15) is 0 Å². The number of amides is 1. The second-order valence-electron chi connectivity index (χ2n) is 7.65. The predicted molar refractivity (Wildman–Crippen MR) is 151 cm³/mol. The Morgan fingerprint density at radius 2 is 1.82 bits per heavy atom. The van der Waals surface area contributed by atoms with Crippen molar-refractivity contribution in [3.05, 3.63) is 90.3 Å². The Bertz CT molecular complexity index is 1270. The number of carbonyl (C=O) groups excluding carboxylic acids is 1. The van der Waals surface area contributed by atoms with Crippen molar-refractivity contribution in [2.24, 2.45) is 4.99 Å². The van der Waals surface area contributed by atoms with Gasteiger partial charge in [0.25, 0.3) is 5.91 Å². The molecule has 0 bridgehead atoms. The van der Waals surface area contributed by atoms with E-state index in [4.69, 9.17) is 9.47 Å². The molecule has 174 valence electrons. The largest absolute Gasteiger partial charge is 0.493 e. The average Bonchev–Trinajstić information content (AvgIpc) is 3.08. The molecule has 34 heavy (non-hydrogen) atoms. The zero-order valence-corrected chi connectivity index (χ0v) is 23.4. The van der Waals surface area contributed by atoms with Crippen LogP contribution in [0.3, 0.4) is 0 Å². The molecule has 5 nitrogen and oxygen atoms in total. The molecule has 0 N–H and O–H groups in total. The summed E-state index contributed by atoms with van der Waals surface area (Å²) < 4.78 is 13.6. The Hall–Kier alpha value is -2.30. The van der Waals surface area contributed by atoms with E-state index < -0.39 is 0 Å². The van der Waals surface area contributed by atoms with Gasteiger partial charge in [-0.1, -0.05) is 45.8 Å². The van der Waals surface area contributed by atoms with E-state index in [2.05, 4.69) is 43.5 Å². The first-order valence-corrected chi connectivity index (χ1v) is 13.1. The van der Waals surface area contributed by atoms with E-state index in [0.29, 0.717) is 28.2 Å². The van der Waals surface area contributed by atoms with Crippen molar-refractivity contribution >= 4 is 73.1 Å². The Balaban J connectivity index is 1.56. The van der Waals surface area contributed by atoms with Gasteiger partial charge in [-0.15, -0.1) is 0 Å². The van der Waals surface area contributed by atoms with E-state index in [1.807, 2.05) is 73.7 Å². The summed E-state index contributed by atoms with van der Waals surface area (Å²) >= 11 is 7.04. The fourth-order valence-corrected chi connectivity index (χ4v) is 5.26. The van der Waals surface area contributed by atoms with E-state index in [9.17, 15) is 4.79 Å². The number of thioether (sulfide) groups is 1. The molecule has 1 amide bonds. The highest BCUT2D eigenvalue weighted by molar-refractivity contribution is 14.1. The van der Waals surface area contributed by atoms with Crippen LogP contribution in [-0.4, -0.2) is 30.1 Å². The number of aliphatic imine (C=N–C) groups is 1. The number of rotatable bonds is 6. The molecule has 0 atom stereocenters. The van der Waals surface area contributed by atoms with Gasteiger partial charge >= 0.3 is 0 Å². The number of likely N-dealkylation sites (N-methyl/N-ethyl adjacent to an activating group) is 1. The van der Waals surface area contributed by atoms with E-state index in [-0.39, 0.29) is 5.91 Å². The Labute approximate surface area is 225 Å². The molecule has 3 aromatic rings. The highest BCUT2D eigenvalue weighted by Crippen LogP contribution is 2.38. The smallest absolute Gasteiger partial charge is 0.266 e. The molecular weight excluding hydrogens is 627 g/mol. The highest BCUT2D eigenvalue weighted by Gasteiger charge is 2.30. The first-order valence-electron chi connectivity index (χ1n) is 10.4. The van der Waals surface area contributed by atoms with Gasteiger partial charge in [-0.3, -0.25) is 9.69 Å². The quantitative estimate of drug-likeness (QED) is 0.210. The number of aryl methyl sites for hydroxylation is 1. The minimum Gasteiger partial charge on any atom is -0.493 e. The minimum absolute atomic E-state index is 0.0830. The van der Waals surface area contributed by atoms with Crippen LogP contribution in [0.25, 0.3) is 6.08 Å². The predicted octanol–water partition coefficient (Wildman–Crippen LogP) is 7.18. The monoisotopic (exact) mass is 648 g/mol. The van der Waals surface area contributed by atoms with Crippen molar-refractivity contribution in [3.63, 3.8) is 0 Å². The van der Waals surface area contributed by atoms with E-state index in [1.165, 1.54) is 17.3 Å². The number of amidine groups is 1. The van der Waals surface area contributed by atoms with Crippen LogP contribution in [0.4, 0.5) is 5.69 Å². The van der Waals surface area contributed by atoms with Gasteiger partial charge in [0.1, 0.15) is 6.61 Å². The molecule has 0 aliphatic carbocycles. The van der Waals surface area contributed by atoms with Crippen molar-refractivity contribution in [1.82, 2.24) is 4.90 Å². The lowest BCUT2D eigenvalue weighted by Gasteiger charge is -2.14. The molecule has 3 aromatic carbocycles. The van der Waals surface area contributed by atoms with Gasteiger partial charge in [0, 0.05) is 11.5 Å². The van der Waals surface area contributed by atoms with E-state index in [1.54, 1.807) is 19.1 Å². The SMILES string of the molecule is COc1cc(/C=C2/SC(=Nc3ccc(C)cc3)N(C)C2=O)cc(I)c1OCc1ccc(Br)cc1. The third-order valence-electron chi connectivity index (χ3n) is 5.11. The normalized spacial score (nSPS) is 15.9. The zero-order chi connectivity index (χ0) is 24.2. The lowest BCUT2D eigenvalue weighted by molar-refractivity contribution is -0.121. The van der Waals surface area contributed by atoms with Crippen LogP contribution in [-0.2, 0) is 11.4 Å². The lowest BCUT2D eigenvalue weighted by atomic mass is 10.1. The summed E-state index contributed by atoms with van der Waals surface area (Å²) in [6, 6.07) is 19.8. The van der Waals surface area contributed by atoms with Crippen LogP contribution in [0.15, 0.2) is 75.0 Å². The van der Waals surface area contributed by atoms with E-state index >= 15 is 0 Å². The molecule has 1 aliphatic rings. The van der Waals surface area contributed by atoms with Crippen LogP contribution in [0.1, 0.15) is 16.7 Å². The molecule has 1 aliphatic heterocycles. The van der Waals surface area contributed by atoms with Gasteiger partial charge < -0.3 is 9.47 Å². The maximum atomic E-state index is 12.8. The van der Waals surface area contributed by atoms with Crippen LogP contribution in [0.5, 0.6) is 11.5 Å². The van der Waals surface area contributed by atoms with Crippen molar-refractivity contribution < 1.29 is 14.3 Å². The number of methoxy groups -OCH3 is 1. The molecular formula is C26H22BrIN2O3S. The maximum Gasteiger partial charge on any atom is 0.266 e. The standard InChI is InChI=1S/C26H22BrIN2O3S/c1-16-4-10-20(11-5-16)29-26-30(2)25(31)23(34-26)14-18-12-21(28)24(22(13-18)32-3)33-15-17-6-8-19(27)9-7-17/h4-14H,15H2,1-3H3/b23-14+,29-26?. The van der Waals surface area contributed by atoms with Crippen LogP contribution >= 0.6 is 50.3 Å². The van der Waals surface area contributed by atoms with Crippen LogP contribution in [0, 0.1) is 10.5 Å². The summed E-state index contributed by atoms with van der Waals surface area (Å²) in [5.74, 6) is 1.21. The third-order valence-corrected chi connectivity index (χ3v) is 7.50. The summed E-state index contributed by atoms with van der Waals surface area (Å²) in [5, 5.41) is 0.649. The van der Waals surface area contributed by atoms with Gasteiger partial charge in [0.2, 0.25) is 0 Å². The number of hydrogen-bond acceptors (Lipinski definition) is 5. The highest BCUT2D eigenvalue weighted by atomic mass is 127. The van der Waals surface area contributed by atoms with Crippen LogP contribution < -0.4 is 9.47 Å². The molecule has 1 heterocycles. The van der Waals surface area contributed by atoms with Crippen LogP contribution in [0.2, 0.25) is 0 Å². The van der Waals surface area contributed by atoms with Crippen molar-refractivity contribution in [1.29, 1.82) is 0 Å². The molecule has 0 radical (unpaired) electrons. The maximum absolute atomic E-state index is 12.8. The number of nitrogens with zero attached hydrogens (tertiary/aromatic N) is 2. The first-order chi connectivity index (χ1) is 16.3. The number of hydrogen-bond donors (Lipinski definition) is 0. The Kier molecular flexibility index (Phi) is 8.00. The molecule has 1 fully saturated rings. The Morgan fingerprint density at radius 1 is 1.12 bits per heavy atom. The summed E-state index contributed by atoms with van der Waals surface area (Å²) in [6.45, 7) is 2.46. The first kappa shape index (κ1) is 24.8. The third kappa shape index (κ3) is 5.84. The number of ether oxygens (including phenoxy) is 2. The number of carbonyl (C=O) groups is 1. The molecule has 0 aromatic heterocycles. The lowest BCUT2D eigenvalue weighted by Crippen LogP contribution is -2.23. The fourth-order valence-electron chi connectivity index (χ4n) is 3.23. The van der Waals surface area contributed by atoms with Crippen molar-refractivity contribution in [2.75, 3.05) is 14.2 Å². The van der Waals surface area contributed by atoms with Gasteiger partial charge in [0.15, 0.2) is 16.7 Å². The summed E-state index contributed by atoms with van der Waals surface area (Å²) in [5.41, 5.74) is 3.90. The molecule has 1 saturated heterocycles. The molecule has 0 spiro atoms. The topological polar surface area (TPSA) is 51.1 Å². The average molecular weight is 649 g/mol. The van der Waals surface area contributed by atoms with Gasteiger partial charge in [-0.25, -0.2) is 4.99 Å². The molecule has 8 heteroatoms. The number of benzene rings is 3. The molecule has 4 rings (SSSR count). The second-order valence-corrected chi connectivity index (χ2v) is 10.7. The fraction of sp³-hybridized carbons (Fsp3) is 0.154. The summed E-state index contributed by atoms with van der Waals surface area (Å²) in [4.78, 5) is 19.7. The summed E-state index contributed by atoms with van der Waals surface area (Å²) in [6.07, 6.45) is 1.87. The molecule has 0 unspecified atom stereocenters. The second kappa shape index (κ2) is 11.0. The van der Waals surface area contributed by atoms with Gasteiger partial charge in [-0.05, 0) is 94.9 Å².